The minimum Gasteiger partial charge on any atom is -0.487 e. The second-order valence-electron chi connectivity index (χ2n) is 5.71. The minimum atomic E-state index is 0.496. The van der Waals surface area contributed by atoms with Crippen molar-refractivity contribution in [3.63, 3.8) is 0 Å². The molecule has 1 aromatic carbocycles. The quantitative estimate of drug-likeness (QED) is 0.526. The molecule has 0 spiro atoms. The van der Waals surface area contributed by atoms with E-state index in [2.05, 4.69) is 20.1 Å². The Morgan fingerprint density at radius 2 is 1.78 bits per heavy atom. The zero-order valence-electron chi connectivity index (χ0n) is 14.7. The van der Waals surface area contributed by atoms with Crippen molar-refractivity contribution in [1.29, 1.82) is 0 Å². The summed E-state index contributed by atoms with van der Waals surface area (Å²) in [5.41, 5.74) is 2.57. The van der Waals surface area contributed by atoms with Crippen molar-refractivity contribution in [2.45, 2.75) is 6.61 Å². The second-order valence-corrected chi connectivity index (χ2v) is 5.71. The summed E-state index contributed by atoms with van der Waals surface area (Å²) in [7, 11) is 1.58. The lowest BCUT2D eigenvalue weighted by Gasteiger charge is -2.08. The molecule has 7 nitrogen and oxygen atoms in total. The summed E-state index contributed by atoms with van der Waals surface area (Å²) in [6.07, 6.45) is 4.85. The first-order valence-electron chi connectivity index (χ1n) is 8.37. The van der Waals surface area contributed by atoms with Gasteiger partial charge in [-0.15, -0.1) is 0 Å². The molecule has 4 aromatic rings. The third-order valence-electron chi connectivity index (χ3n) is 3.94. The first-order valence-corrected chi connectivity index (χ1v) is 8.37. The monoisotopic (exact) mass is 359 g/mol. The average Bonchev–Trinajstić information content (AvgIpc) is 3.23. The van der Waals surface area contributed by atoms with Gasteiger partial charge in [-0.25, -0.2) is 19.6 Å². The number of aromatic nitrogens is 5. The van der Waals surface area contributed by atoms with E-state index in [1.165, 1.54) is 6.33 Å². The summed E-state index contributed by atoms with van der Waals surface area (Å²) in [5, 5.41) is 4.27. The van der Waals surface area contributed by atoms with Crippen LogP contribution in [0.3, 0.4) is 0 Å². The number of rotatable bonds is 6. The fraction of sp³-hybridized carbons (Fsp3) is 0.100. The lowest BCUT2D eigenvalue weighted by atomic mass is 10.2. The Labute approximate surface area is 156 Å². The SMILES string of the molecule is COc1ccc(-n2ncnc2-c2ccc(OCc3ccccc3)cn2)cn1. The summed E-state index contributed by atoms with van der Waals surface area (Å²) in [6.45, 7) is 0.496. The molecule has 3 heterocycles. The fourth-order valence-electron chi connectivity index (χ4n) is 2.56. The predicted octanol–water partition coefficient (Wildman–Crippen LogP) is 3.31. The van der Waals surface area contributed by atoms with E-state index < -0.39 is 0 Å². The van der Waals surface area contributed by atoms with Crippen LogP contribution in [-0.2, 0) is 6.61 Å². The molecule has 0 N–H and O–H groups in total. The van der Waals surface area contributed by atoms with Gasteiger partial charge in [0.25, 0.3) is 0 Å². The Morgan fingerprint density at radius 1 is 0.889 bits per heavy atom. The van der Waals surface area contributed by atoms with Crippen LogP contribution in [0.1, 0.15) is 5.56 Å². The lowest BCUT2D eigenvalue weighted by molar-refractivity contribution is 0.305. The van der Waals surface area contributed by atoms with Crippen LogP contribution in [-0.4, -0.2) is 31.8 Å². The van der Waals surface area contributed by atoms with E-state index in [9.17, 15) is 0 Å². The Morgan fingerprint density at radius 3 is 2.48 bits per heavy atom. The molecule has 27 heavy (non-hydrogen) atoms. The normalized spacial score (nSPS) is 10.6. The van der Waals surface area contributed by atoms with E-state index in [0.29, 0.717) is 29.8 Å². The van der Waals surface area contributed by atoms with Crippen LogP contribution in [0.4, 0.5) is 0 Å². The van der Waals surface area contributed by atoms with Crippen molar-refractivity contribution in [1.82, 2.24) is 24.7 Å². The van der Waals surface area contributed by atoms with E-state index in [-0.39, 0.29) is 0 Å². The van der Waals surface area contributed by atoms with Crippen LogP contribution in [0.15, 0.2) is 73.3 Å². The highest BCUT2D eigenvalue weighted by Gasteiger charge is 2.11. The van der Waals surface area contributed by atoms with Crippen molar-refractivity contribution < 1.29 is 9.47 Å². The molecule has 0 aliphatic heterocycles. The van der Waals surface area contributed by atoms with E-state index in [1.54, 1.807) is 30.3 Å². The highest BCUT2D eigenvalue weighted by Crippen LogP contribution is 2.21. The summed E-state index contributed by atoms with van der Waals surface area (Å²) in [6, 6.07) is 17.4. The van der Waals surface area contributed by atoms with Crippen molar-refractivity contribution in [2.24, 2.45) is 0 Å². The van der Waals surface area contributed by atoms with Gasteiger partial charge in [0.2, 0.25) is 5.88 Å². The van der Waals surface area contributed by atoms with Crippen molar-refractivity contribution in [3.8, 4) is 28.8 Å². The number of hydrogen-bond donors (Lipinski definition) is 0. The summed E-state index contributed by atoms with van der Waals surface area (Å²) < 4.78 is 12.5. The van der Waals surface area contributed by atoms with E-state index in [1.807, 2.05) is 48.5 Å². The number of methoxy groups -OCH3 is 1. The van der Waals surface area contributed by atoms with Crippen molar-refractivity contribution in [2.75, 3.05) is 7.11 Å². The van der Waals surface area contributed by atoms with Crippen molar-refractivity contribution >= 4 is 0 Å². The Bertz CT molecular complexity index is 999. The minimum absolute atomic E-state index is 0.496. The van der Waals surface area contributed by atoms with Gasteiger partial charge in [0.1, 0.15) is 24.4 Å². The van der Waals surface area contributed by atoms with Gasteiger partial charge in [0, 0.05) is 6.07 Å². The third kappa shape index (κ3) is 3.77. The molecule has 0 fully saturated rings. The number of nitrogens with zero attached hydrogens (tertiary/aromatic N) is 5. The molecule has 0 saturated carbocycles. The lowest BCUT2D eigenvalue weighted by Crippen LogP contribution is -2.02. The topological polar surface area (TPSA) is 75.0 Å². The smallest absolute Gasteiger partial charge is 0.213 e. The van der Waals surface area contributed by atoms with Crippen LogP contribution < -0.4 is 9.47 Å². The van der Waals surface area contributed by atoms with Gasteiger partial charge in [0.15, 0.2) is 5.82 Å². The zero-order valence-corrected chi connectivity index (χ0v) is 14.7. The molecule has 0 bridgehead atoms. The highest BCUT2D eigenvalue weighted by atomic mass is 16.5. The van der Waals surface area contributed by atoms with E-state index >= 15 is 0 Å². The van der Waals surface area contributed by atoms with Crippen LogP contribution in [0.5, 0.6) is 11.6 Å². The molecular weight excluding hydrogens is 342 g/mol. The highest BCUT2D eigenvalue weighted by molar-refractivity contribution is 5.53. The Hall–Kier alpha value is -3.74. The first-order chi connectivity index (χ1) is 13.3. The molecule has 0 aliphatic rings. The summed E-state index contributed by atoms with van der Waals surface area (Å²) >= 11 is 0. The molecule has 134 valence electrons. The number of hydrogen-bond acceptors (Lipinski definition) is 6. The maximum atomic E-state index is 5.78. The molecule has 0 aliphatic carbocycles. The van der Waals surface area contributed by atoms with Crippen molar-refractivity contribution in [3.05, 3.63) is 78.9 Å². The predicted molar refractivity (Wildman–Crippen MR) is 99.7 cm³/mol. The fourth-order valence-corrected chi connectivity index (χ4v) is 2.56. The van der Waals surface area contributed by atoms with Crippen LogP contribution in [0, 0.1) is 0 Å². The maximum Gasteiger partial charge on any atom is 0.213 e. The van der Waals surface area contributed by atoms with Gasteiger partial charge < -0.3 is 9.47 Å². The van der Waals surface area contributed by atoms with Gasteiger partial charge in [-0.05, 0) is 23.8 Å². The molecule has 0 unspecified atom stereocenters. The molecule has 0 saturated heterocycles. The Balaban J connectivity index is 1.51. The molecular formula is C20H17N5O2. The third-order valence-corrected chi connectivity index (χ3v) is 3.94. The van der Waals surface area contributed by atoms with E-state index in [0.717, 1.165) is 11.3 Å². The molecule has 4 rings (SSSR count). The Kier molecular flexibility index (Phi) is 4.74. The first kappa shape index (κ1) is 16.7. The van der Waals surface area contributed by atoms with Gasteiger partial charge in [-0.3, -0.25) is 0 Å². The standard InChI is InChI=1S/C20H17N5O2/c1-26-19-10-7-16(11-22-19)25-20(23-14-24-25)18-9-8-17(12-21-18)27-13-15-5-3-2-4-6-15/h2-12,14H,13H2,1H3. The van der Waals surface area contributed by atoms with E-state index in [4.69, 9.17) is 9.47 Å². The summed E-state index contributed by atoms with van der Waals surface area (Å²) in [4.78, 5) is 13.0. The average molecular weight is 359 g/mol. The number of pyridine rings is 2. The molecule has 0 atom stereocenters. The zero-order chi connectivity index (χ0) is 18.5. The van der Waals surface area contributed by atoms with Gasteiger partial charge in [0.05, 0.1) is 25.2 Å². The van der Waals surface area contributed by atoms with Crippen LogP contribution in [0.25, 0.3) is 17.2 Å². The second kappa shape index (κ2) is 7.65. The maximum absolute atomic E-state index is 5.78. The van der Waals surface area contributed by atoms with Gasteiger partial charge in [-0.2, -0.15) is 5.10 Å². The van der Waals surface area contributed by atoms with Gasteiger partial charge >= 0.3 is 0 Å². The van der Waals surface area contributed by atoms with Gasteiger partial charge in [-0.1, -0.05) is 30.3 Å². The number of benzene rings is 1. The number of ether oxygens (including phenoxy) is 2. The molecule has 0 amide bonds. The van der Waals surface area contributed by atoms with Crippen LogP contribution in [0.2, 0.25) is 0 Å². The molecule has 7 heteroatoms. The van der Waals surface area contributed by atoms with Crippen LogP contribution >= 0.6 is 0 Å². The largest absolute Gasteiger partial charge is 0.487 e. The summed E-state index contributed by atoms with van der Waals surface area (Å²) in [5.74, 6) is 1.86. The molecule has 0 radical (unpaired) electrons. The molecule has 3 aromatic heterocycles.